The average molecular weight is 264 g/mol. The van der Waals surface area contributed by atoms with Crippen molar-refractivity contribution in [2.24, 2.45) is 18.9 Å². The molecule has 0 radical (unpaired) electrons. The highest BCUT2D eigenvalue weighted by Crippen LogP contribution is 2.20. The Labute approximate surface area is 110 Å². The van der Waals surface area contributed by atoms with Gasteiger partial charge < -0.3 is 4.57 Å². The number of aromatic nitrogens is 2. The van der Waals surface area contributed by atoms with Crippen LogP contribution >= 0.6 is 0 Å². The maximum absolute atomic E-state index is 12.2. The summed E-state index contributed by atoms with van der Waals surface area (Å²) < 4.78 is 1.72. The monoisotopic (exact) mass is 264 g/mol. The number of carbonyl (C=O) groups excluding carboxylic acids is 3. The Kier molecular flexibility index (Phi) is 3.37. The van der Waals surface area contributed by atoms with Crippen LogP contribution in [-0.4, -0.2) is 32.3 Å². The zero-order chi connectivity index (χ0) is 14.2. The second kappa shape index (κ2) is 4.83. The number of nitrogens with one attached hydrogen (secondary N) is 1. The summed E-state index contributed by atoms with van der Waals surface area (Å²) in [5, 5.41) is 2.21. The molecule has 4 amide bonds. The molecular weight excluding hydrogens is 248 g/mol. The lowest BCUT2D eigenvalue weighted by atomic mass is 9.92. The topological polar surface area (TPSA) is 84.3 Å². The molecule has 0 bridgehead atoms. The fourth-order valence-electron chi connectivity index (χ4n) is 2.06. The minimum absolute atomic E-state index is 0.0602. The molecule has 0 aliphatic carbocycles. The smallest absolute Gasteiger partial charge is 0.331 e. The Morgan fingerprint density at radius 1 is 1.37 bits per heavy atom. The summed E-state index contributed by atoms with van der Waals surface area (Å²) in [6.45, 7) is 3.61. The molecule has 1 unspecified atom stereocenters. The van der Waals surface area contributed by atoms with Crippen LogP contribution in [0.15, 0.2) is 12.4 Å². The molecule has 7 nitrogen and oxygen atoms in total. The Hall–Kier alpha value is -2.18. The molecule has 1 fully saturated rings. The normalized spacial score (nSPS) is 20.1. The molecule has 2 heterocycles. The van der Waals surface area contributed by atoms with Crippen LogP contribution in [0.5, 0.6) is 0 Å². The molecule has 1 aromatic rings. The van der Waals surface area contributed by atoms with Crippen LogP contribution in [0.4, 0.5) is 4.79 Å². The van der Waals surface area contributed by atoms with Gasteiger partial charge >= 0.3 is 6.03 Å². The number of urea groups is 1. The maximum atomic E-state index is 12.2. The van der Waals surface area contributed by atoms with E-state index in [1.807, 2.05) is 0 Å². The molecule has 0 aromatic carbocycles. The van der Waals surface area contributed by atoms with Gasteiger partial charge in [0.1, 0.15) is 11.7 Å². The van der Waals surface area contributed by atoms with Crippen molar-refractivity contribution in [1.29, 1.82) is 0 Å². The van der Waals surface area contributed by atoms with Gasteiger partial charge in [-0.3, -0.25) is 19.8 Å². The highest BCUT2D eigenvalue weighted by molar-refractivity contribution is 6.16. The van der Waals surface area contributed by atoms with Gasteiger partial charge in [0.2, 0.25) is 11.8 Å². The van der Waals surface area contributed by atoms with E-state index in [9.17, 15) is 14.4 Å². The van der Waals surface area contributed by atoms with Crippen molar-refractivity contribution < 1.29 is 14.4 Å². The number of nitrogens with zero attached hydrogens (tertiary/aromatic N) is 3. The predicted molar refractivity (Wildman–Crippen MR) is 65.6 cm³/mol. The lowest BCUT2D eigenvalue weighted by Crippen LogP contribution is -2.58. The van der Waals surface area contributed by atoms with Gasteiger partial charge in [-0.05, 0) is 5.92 Å². The second-order valence-corrected chi connectivity index (χ2v) is 4.89. The first-order valence-electron chi connectivity index (χ1n) is 6.04. The van der Waals surface area contributed by atoms with E-state index in [1.165, 1.54) is 0 Å². The lowest BCUT2D eigenvalue weighted by Gasteiger charge is -2.31. The SMILES string of the molecule is CC(C)C1C(=O)NC(=O)N(Cc2nccn2C)C1=O. The number of carbonyl (C=O) groups is 3. The van der Waals surface area contributed by atoms with Crippen molar-refractivity contribution in [3.05, 3.63) is 18.2 Å². The molecule has 7 heteroatoms. The molecule has 1 aliphatic rings. The first kappa shape index (κ1) is 13.3. The number of imidazole rings is 1. The third-order valence-electron chi connectivity index (χ3n) is 3.18. The van der Waals surface area contributed by atoms with Gasteiger partial charge in [0.15, 0.2) is 0 Å². The summed E-state index contributed by atoms with van der Waals surface area (Å²) in [6, 6.07) is -0.685. The highest BCUT2D eigenvalue weighted by atomic mass is 16.2. The predicted octanol–water partition coefficient (Wildman–Crippen LogP) is 0.271. The van der Waals surface area contributed by atoms with Gasteiger partial charge in [0.05, 0.1) is 6.54 Å². The zero-order valence-electron chi connectivity index (χ0n) is 11.1. The Morgan fingerprint density at radius 3 is 2.58 bits per heavy atom. The van der Waals surface area contributed by atoms with Crippen LogP contribution in [0.2, 0.25) is 0 Å². The molecule has 2 rings (SSSR count). The van der Waals surface area contributed by atoms with Crippen LogP contribution in [0, 0.1) is 11.8 Å². The van der Waals surface area contributed by atoms with Gasteiger partial charge in [-0.25, -0.2) is 9.78 Å². The molecule has 1 aliphatic heterocycles. The molecule has 102 valence electrons. The molecular formula is C12H16N4O3. The standard InChI is InChI=1S/C12H16N4O3/c1-7(2)9-10(17)14-12(19)16(11(9)18)6-8-13-4-5-15(8)3/h4-5,7,9H,6H2,1-3H3,(H,14,17,19). The van der Waals surface area contributed by atoms with Gasteiger partial charge in [-0.1, -0.05) is 13.8 Å². The van der Waals surface area contributed by atoms with Gasteiger partial charge in [-0.15, -0.1) is 0 Å². The third kappa shape index (κ3) is 2.35. The number of hydrogen-bond donors (Lipinski definition) is 1. The Morgan fingerprint density at radius 2 is 2.05 bits per heavy atom. The van der Waals surface area contributed by atoms with E-state index in [-0.39, 0.29) is 12.5 Å². The molecule has 1 N–H and O–H groups in total. The van der Waals surface area contributed by atoms with Crippen molar-refractivity contribution >= 4 is 17.8 Å². The van der Waals surface area contributed by atoms with E-state index in [1.54, 1.807) is 37.9 Å². The van der Waals surface area contributed by atoms with Gasteiger partial charge in [0, 0.05) is 19.4 Å². The molecule has 1 atom stereocenters. The number of aryl methyl sites for hydroxylation is 1. The van der Waals surface area contributed by atoms with Crippen LogP contribution < -0.4 is 5.32 Å². The molecule has 0 spiro atoms. The van der Waals surface area contributed by atoms with Crippen LogP contribution in [0.1, 0.15) is 19.7 Å². The number of barbiturate groups is 1. The zero-order valence-corrected chi connectivity index (χ0v) is 11.1. The average Bonchev–Trinajstić information content (AvgIpc) is 2.69. The minimum atomic E-state index is -0.821. The summed E-state index contributed by atoms with van der Waals surface area (Å²) in [4.78, 5) is 40.8. The maximum Gasteiger partial charge on any atom is 0.331 e. The van der Waals surface area contributed by atoms with Crippen molar-refractivity contribution in [3.63, 3.8) is 0 Å². The third-order valence-corrected chi connectivity index (χ3v) is 3.18. The summed E-state index contributed by atoms with van der Waals surface area (Å²) in [5.41, 5.74) is 0. The number of amides is 4. The van der Waals surface area contributed by atoms with Crippen LogP contribution in [0.3, 0.4) is 0 Å². The lowest BCUT2D eigenvalue weighted by molar-refractivity contribution is -0.144. The summed E-state index contributed by atoms with van der Waals surface area (Å²) in [7, 11) is 1.78. The molecule has 1 saturated heterocycles. The highest BCUT2D eigenvalue weighted by Gasteiger charge is 2.42. The van der Waals surface area contributed by atoms with E-state index in [0.29, 0.717) is 5.82 Å². The minimum Gasteiger partial charge on any atom is -0.337 e. The second-order valence-electron chi connectivity index (χ2n) is 4.89. The van der Waals surface area contributed by atoms with Crippen molar-refractivity contribution in [3.8, 4) is 0 Å². The first-order chi connectivity index (χ1) is 8.91. The Bertz CT molecular complexity index is 535. The van der Waals surface area contributed by atoms with Crippen LogP contribution in [-0.2, 0) is 23.2 Å². The summed E-state index contributed by atoms with van der Waals surface area (Å²) >= 11 is 0. The van der Waals surface area contributed by atoms with E-state index >= 15 is 0 Å². The molecule has 19 heavy (non-hydrogen) atoms. The fourth-order valence-corrected chi connectivity index (χ4v) is 2.06. The largest absolute Gasteiger partial charge is 0.337 e. The van der Waals surface area contributed by atoms with Crippen LogP contribution in [0.25, 0.3) is 0 Å². The van der Waals surface area contributed by atoms with E-state index in [0.717, 1.165) is 4.90 Å². The fraction of sp³-hybridized carbons (Fsp3) is 0.500. The van der Waals surface area contributed by atoms with Gasteiger partial charge in [-0.2, -0.15) is 0 Å². The quantitative estimate of drug-likeness (QED) is 0.794. The molecule has 1 aromatic heterocycles. The van der Waals surface area contributed by atoms with Crippen molar-refractivity contribution in [2.45, 2.75) is 20.4 Å². The molecule has 0 saturated carbocycles. The van der Waals surface area contributed by atoms with E-state index in [2.05, 4.69) is 10.3 Å². The van der Waals surface area contributed by atoms with Crippen molar-refractivity contribution in [2.75, 3.05) is 0 Å². The van der Waals surface area contributed by atoms with E-state index < -0.39 is 23.8 Å². The Balaban J connectivity index is 2.24. The number of imide groups is 2. The van der Waals surface area contributed by atoms with E-state index in [4.69, 9.17) is 0 Å². The summed E-state index contributed by atoms with van der Waals surface area (Å²) in [6.07, 6.45) is 3.32. The summed E-state index contributed by atoms with van der Waals surface area (Å²) in [5.74, 6) is -1.39. The number of hydrogen-bond acceptors (Lipinski definition) is 4. The van der Waals surface area contributed by atoms with Crippen molar-refractivity contribution in [1.82, 2.24) is 19.8 Å². The van der Waals surface area contributed by atoms with Gasteiger partial charge in [0.25, 0.3) is 0 Å². The number of rotatable bonds is 3. The first-order valence-corrected chi connectivity index (χ1v) is 6.04.